The maximum Gasteiger partial charge on any atom is 0.0411 e. The van der Waals surface area contributed by atoms with Gasteiger partial charge in [-0.3, -0.25) is 0 Å². The molecule has 1 fully saturated rings. The van der Waals surface area contributed by atoms with Gasteiger partial charge in [-0.1, -0.05) is 57.9 Å². The van der Waals surface area contributed by atoms with E-state index in [0.717, 1.165) is 12.5 Å². The highest BCUT2D eigenvalue weighted by Crippen LogP contribution is 2.29. The van der Waals surface area contributed by atoms with Gasteiger partial charge >= 0.3 is 0 Å². The molecular weight excluding hydrogens is 274 g/mol. The molecule has 1 aliphatic carbocycles. The van der Waals surface area contributed by atoms with E-state index in [2.05, 4.69) is 62.1 Å². The average Bonchev–Trinajstić information content (AvgIpc) is 3.00. The van der Waals surface area contributed by atoms with Crippen LogP contribution in [0.2, 0.25) is 0 Å². The predicted molar refractivity (Wildman–Crippen MR) is 96.2 cm³/mol. The van der Waals surface area contributed by atoms with Gasteiger partial charge < -0.3 is 5.32 Å². The van der Waals surface area contributed by atoms with Crippen molar-refractivity contribution < 1.29 is 0 Å². The minimum absolute atomic E-state index is 0.502. The fraction of sp³-hybridized carbons (Fsp3) is 0.684. The van der Waals surface area contributed by atoms with E-state index < -0.39 is 0 Å². The summed E-state index contributed by atoms with van der Waals surface area (Å²) in [6.45, 7) is 7.76. The lowest BCUT2D eigenvalue weighted by Gasteiger charge is -2.20. The fourth-order valence-corrected chi connectivity index (χ4v) is 4.51. The molecule has 0 saturated heterocycles. The molecule has 0 bridgehead atoms. The van der Waals surface area contributed by atoms with Crippen molar-refractivity contribution in [2.75, 3.05) is 18.1 Å². The number of benzene rings is 1. The molecule has 1 aromatic carbocycles. The maximum absolute atomic E-state index is 3.65. The van der Waals surface area contributed by atoms with Crippen molar-refractivity contribution in [2.45, 2.75) is 58.4 Å². The Bertz CT molecular complexity index is 393. The van der Waals surface area contributed by atoms with Crippen LogP contribution in [0.4, 0.5) is 0 Å². The van der Waals surface area contributed by atoms with E-state index in [1.807, 2.05) is 0 Å². The van der Waals surface area contributed by atoms with E-state index in [4.69, 9.17) is 0 Å². The van der Waals surface area contributed by atoms with Gasteiger partial charge in [0.05, 0.1) is 0 Å². The molecule has 1 nitrogen and oxygen atoms in total. The maximum atomic E-state index is 3.65. The third-order valence-corrected chi connectivity index (χ3v) is 5.84. The molecule has 1 aliphatic rings. The van der Waals surface area contributed by atoms with Crippen LogP contribution in [0.15, 0.2) is 24.3 Å². The number of hydrogen-bond acceptors (Lipinski definition) is 2. The second-order valence-corrected chi connectivity index (χ2v) is 7.69. The topological polar surface area (TPSA) is 12.0 Å². The molecule has 118 valence electrons. The molecule has 21 heavy (non-hydrogen) atoms. The minimum Gasteiger partial charge on any atom is -0.310 e. The molecule has 2 heteroatoms. The van der Waals surface area contributed by atoms with Crippen molar-refractivity contribution in [1.82, 2.24) is 5.32 Å². The van der Waals surface area contributed by atoms with Gasteiger partial charge in [0.15, 0.2) is 0 Å². The van der Waals surface area contributed by atoms with Crippen LogP contribution in [-0.4, -0.2) is 18.1 Å². The Morgan fingerprint density at radius 2 is 1.71 bits per heavy atom. The number of hydrogen-bond donors (Lipinski definition) is 1. The van der Waals surface area contributed by atoms with Crippen LogP contribution < -0.4 is 5.32 Å². The molecule has 1 unspecified atom stereocenters. The van der Waals surface area contributed by atoms with E-state index in [-0.39, 0.29) is 0 Å². The highest BCUT2D eigenvalue weighted by Gasteiger charge is 2.16. The smallest absolute Gasteiger partial charge is 0.0411 e. The van der Waals surface area contributed by atoms with E-state index in [0.29, 0.717) is 12.0 Å². The van der Waals surface area contributed by atoms with Crippen molar-refractivity contribution >= 4 is 11.8 Å². The summed E-state index contributed by atoms with van der Waals surface area (Å²) in [6.07, 6.45) is 5.83. The summed E-state index contributed by atoms with van der Waals surface area (Å²) in [6, 6.07) is 9.73. The SMILES string of the molecule is CCNC(CSCC1CCCC1)c1ccc(C(C)C)cc1. The molecule has 0 spiro atoms. The molecule has 1 atom stereocenters. The summed E-state index contributed by atoms with van der Waals surface area (Å²) >= 11 is 2.14. The molecule has 0 heterocycles. The summed E-state index contributed by atoms with van der Waals surface area (Å²) in [5.41, 5.74) is 2.88. The molecule has 2 rings (SSSR count). The lowest BCUT2D eigenvalue weighted by Crippen LogP contribution is -2.23. The lowest BCUT2D eigenvalue weighted by atomic mass is 9.99. The Hall–Kier alpha value is -0.470. The minimum atomic E-state index is 0.502. The first-order valence-electron chi connectivity index (χ1n) is 8.61. The monoisotopic (exact) mass is 305 g/mol. The first-order valence-corrected chi connectivity index (χ1v) is 9.77. The third kappa shape index (κ3) is 5.34. The molecule has 1 saturated carbocycles. The van der Waals surface area contributed by atoms with E-state index in [1.54, 1.807) is 0 Å². The average molecular weight is 306 g/mol. The summed E-state index contributed by atoms with van der Waals surface area (Å²) in [7, 11) is 0. The van der Waals surface area contributed by atoms with Gasteiger partial charge in [-0.25, -0.2) is 0 Å². The summed E-state index contributed by atoms with van der Waals surface area (Å²) in [5, 5.41) is 3.65. The Morgan fingerprint density at radius 1 is 1.10 bits per heavy atom. The van der Waals surface area contributed by atoms with Crippen molar-refractivity contribution in [3.8, 4) is 0 Å². The molecule has 0 amide bonds. The summed E-state index contributed by atoms with van der Waals surface area (Å²) in [5.74, 6) is 4.16. The first kappa shape index (κ1) is 16.9. The molecular formula is C19H31NS. The van der Waals surface area contributed by atoms with Gasteiger partial charge in [-0.2, -0.15) is 11.8 Å². The fourth-order valence-electron chi connectivity index (χ4n) is 3.16. The molecule has 0 radical (unpaired) electrons. The number of thioether (sulfide) groups is 1. The molecule has 0 aromatic heterocycles. The van der Waals surface area contributed by atoms with Crippen LogP contribution in [0.25, 0.3) is 0 Å². The Kier molecular flexibility index (Phi) is 7.12. The zero-order valence-corrected chi connectivity index (χ0v) is 14.7. The van der Waals surface area contributed by atoms with Crippen molar-refractivity contribution in [3.63, 3.8) is 0 Å². The third-order valence-electron chi connectivity index (χ3n) is 4.57. The number of nitrogens with one attached hydrogen (secondary N) is 1. The van der Waals surface area contributed by atoms with Crippen LogP contribution in [0.1, 0.15) is 69.5 Å². The van der Waals surface area contributed by atoms with Crippen molar-refractivity contribution in [1.29, 1.82) is 0 Å². The van der Waals surface area contributed by atoms with Crippen LogP contribution in [0.5, 0.6) is 0 Å². The Morgan fingerprint density at radius 3 is 2.29 bits per heavy atom. The normalized spacial score (nSPS) is 17.5. The van der Waals surface area contributed by atoms with Gasteiger partial charge in [0.1, 0.15) is 0 Å². The van der Waals surface area contributed by atoms with Gasteiger partial charge in [-0.15, -0.1) is 0 Å². The van der Waals surface area contributed by atoms with E-state index in [9.17, 15) is 0 Å². The standard InChI is InChI=1S/C19H31NS/c1-4-20-19(14-21-13-16-7-5-6-8-16)18-11-9-17(10-12-18)15(2)3/h9-12,15-16,19-20H,4-8,13-14H2,1-3H3. The van der Waals surface area contributed by atoms with E-state index >= 15 is 0 Å². The van der Waals surface area contributed by atoms with Crippen molar-refractivity contribution in [3.05, 3.63) is 35.4 Å². The van der Waals surface area contributed by atoms with Crippen LogP contribution >= 0.6 is 11.8 Å². The highest BCUT2D eigenvalue weighted by molar-refractivity contribution is 7.99. The number of rotatable bonds is 8. The van der Waals surface area contributed by atoms with Gasteiger partial charge in [-0.05, 0) is 48.1 Å². The Balaban J connectivity index is 1.87. The van der Waals surface area contributed by atoms with Gasteiger partial charge in [0, 0.05) is 11.8 Å². The quantitative estimate of drug-likeness (QED) is 0.691. The largest absolute Gasteiger partial charge is 0.310 e. The van der Waals surface area contributed by atoms with Gasteiger partial charge in [0.25, 0.3) is 0 Å². The molecule has 1 aromatic rings. The van der Waals surface area contributed by atoms with Gasteiger partial charge in [0.2, 0.25) is 0 Å². The Labute approximate surface area is 135 Å². The first-order chi connectivity index (χ1) is 10.2. The predicted octanol–water partition coefficient (Wildman–Crippen LogP) is 5.38. The summed E-state index contributed by atoms with van der Waals surface area (Å²) < 4.78 is 0. The van der Waals surface area contributed by atoms with E-state index in [1.165, 1.54) is 48.3 Å². The second kappa shape index (κ2) is 8.85. The summed E-state index contributed by atoms with van der Waals surface area (Å²) in [4.78, 5) is 0. The highest BCUT2D eigenvalue weighted by atomic mass is 32.2. The van der Waals surface area contributed by atoms with Crippen LogP contribution in [-0.2, 0) is 0 Å². The second-order valence-electron chi connectivity index (χ2n) is 6.62. The van der Waals surface area contributed by atoms with Crippen LogP contribution in [0, 0.1) is 5.92 Å². The van der Waals surface area contributed by atoms with Crippen LogP contribution in [0.3, 0.4) is 0 Å². The zero-order chi connectivity index (χ0) is 15.1. The lowest BCUT2D eigenvalue weighted by molar-refractivity contribution is 0.598. The van der Waals surface area contributed by atoms with Crippen molar-refractivity contribution in [2.24, 2.45) is 5.92 Å². The molecule has 0 aliphatic heterocycles. The molecule has 1 N–H and O–H groups in total. The zero-order valence-electron chi connectivity index (χ0n) is 13.9.